The van der Waals surface area contributed by atoms with Crippen molar-refractivity contribution in [2.45, 2.75) is 149 Å². The molecule has 0 radical (unpaired) electrons. The van der Waals surface area contributed by atoms with Gasteiger partial charge in [-0.1, -0.05) is 97.8 Å². The lowest BCUT2D eigenvalue weighted by Crippen LogP contribution is -3.00. The molecule has 0 rings (SSSR count). The SMILES string of the molecule is CCCCCCCC[P+](CCCCCCCC)(CCCCCCCC)C(C)OC.[Cl-]. The minimum atomic E-state index is -0.976. The quantitative estimate of drug-likeness (QED) is 0.116. The van der Waals surface area contributed by atoms with Crippen molar-refractivity contribution in [2.24, 2.45) is 0 Å². The first-order valence-corrected chi connectivity index (χ1v) is 16.0. The lowest BCUT2D eigenvalue weighted by molar-refractivity contribution is -0.00000710. The summed E-state index contributed by atoms with van der Waals surface area (Å²) >= 11 is 0. The first kappa shape index (κ1) is 32.9. The number of hydrogen-bond acceptors (Lipinski definition) is 1. The predicted octanol–water partition coefficient (Wildman–Crippen LogP) is 7.08. The van der Waals surface area contributed by atoms with Crippen LogP contribution in [0.3, 0.4) is 0 Å². The number of hydrogen-bond donors (Lipinski definition) is 0. The van der Waals surface area contributed by atoms with Gasteiger partial charge in [0.1, 0.15) is 0 Å². The molecule has 0 N–H and O–H groups in total. The summed E-state index contributed by atoms with van der Waals surface area (Å²) in [6.07, 6.45) is 30.2. The van der Waals surface area contributed by atoms with Gasteiger partial charge in [0.05, 0.1) is 18.5 Å². The van der Waals surface area contributed by atoms with Gasteiger partial charge < -0.3 is 17.1 Å². The van der Waals surface area contributed by atoms with E-state index < -0.39 is 7.26 Å². The fraction of sp³-hybridized carbons (Fsp3) is 1.00. The van der Waals surface area contributed by atoms with Crippen LogP contribution < -0.4 is 12.4 Å². The Bertz CT molecular complexity index is 283. The Balaban J connectivity index is 0. The van der Waals surface area contributed by atoms with Crippen molar-refractivity contribution in [3.63, 3.8) is 0 Å². The molecule has 0 heterocycles. The monoisotopic (exact) mass is 464 g/mol. The molecule has 0 amide bonds. The van der Waals surface area contributed by atoms with Crippen molar-refractivity contribution >= 4 is 7.26 Å². The van der Waals surface area contributed by atoms with E-state index in [1.807, 2.05) is 7.11 Å². The van der Waals surface area contributed by atoms with Gasteiger partial charge in [-0.15, -0.1) is 0 Å². The minimum absolute atomic E-state index is 0. The van der Waals surface area contributed by atoms with Gasteiger partial charge in [0, 0.05) is 14.4 Å². The van der Waals surface area contributed by atoms with Gasteiger partial charge in [0.15, 0.2) is 5.85 Å². The average Bonchev–Trinajstić information content (AvgIpc) is 2.74. The summed E-state index contributed by atoms with van der Waals surface area (Å²) in [6, 6.07) is 0. The Morgan fingerprint density at radius 2 is 0.767 bits per heavy atom. The second kappa shape index (κ2) is 24.3. The molecule has 30 heavy (non-hydrogen) atoms. The van der Waals surface area contributed by atoms with E-state index in [1.54, 1.807) is 0 Å². The molecule has 0 aromatic carbocycles. The van der Waals surface area contributed by atoms with Crippen LogP contribution in [-0.4, -0.2) is 31.4 Å². The van der Waals surface area contributed by atoms with E-state index in [1.165, 1.54) is 134 Å². The fourth-order valence-electron chi connectivity index (χ4n) is 4.73. The number of unbranched alkanes of at least 4 members (excludes halogenated alkanes) is 15. The minimum Gasteiger partial charge on any atom is -1.00 e. The summed E-state index contributed by atoms with van der Waals surface area (Å²) in [5, 5.41) is 0. The van der Waals surface area contributed by atoms with Gasteiger partial charge in [-0.2, -0.15) is 0 Å². The molecular formula is C27H58ClOP. The zero-order chi connectivity index (χ0) is 21.6. The molecule has 0 aromatic heterocycles. The summed E-state index contributed by atoms with van der Waals surface area (Å²) in [4.78, 5) is 0. The van der Waals surface area contributed by atoms with Crippen molar-refractivity contribution in [1.29, 1.82) is 0 Å². The maximum atomic E-state index is 6.05. The zero-order valence-electron chi connectivity index (χ0n) is 21.7. The fourth-order valence-corrected chi connectivity index (χ4v) is 9.49. The van der Waals surface area contributed by atoms with Crippen LogP contribution in [0.2, 0.25) is 0 Å². The van der Waals surface area contributed by atoms with Gasteiger partial charge in [-0.3, -0.25) is 0 Å². The Labute approximate surface area is 199 Å². The third kappa shape index (κ3) is 17.3. The molecule has 1 unspecified atom stereocenters. The summed E-state index contributed by atoms with van der Waals surface area (Å²) in [6.45, 7) is 9.37. The van der Waals surface area contributed by atoms with E-state index >= 15 is 0 Å². The van der Waals surface area contributed by atoms with Crippen molar-refractivity contribution in [2.75, 3.05) is 25.6 Å². The molecule has 0 bridgehead atoms. The van der Waals surface area contributed by atoms with Crippen molar-refractivity contribution in [3.05, 3.63) is 0 Å². The van der Waals surface area contributed by atoms with E-state index in [9.17, 15) is 0 Å². The molecule has 0 aliphatic rings. The Morgan fingerprint density at radius 3 is 1.03 bits per heavy atom. The van der Waals surface area contributed by atoms with Crippen LogP contribution >= 0.6 is 7.26 Å². The second-order valence-corrected chi connectivity index (χ2v) is 14.0. The first-order chi connectivity index (χ1) is 14.2. The van der Waals surface area contributed by atoms with Crippen molar-refractivity contribution in [1.82, 2.24) is 0 Å². The van der Waals surface area contributed by atoms with Crippen LogP contribution in [-0.2, 0) is 4.74 Å². The Hall–Kier alpha value is 0.680. The summed E-state index contributed by atoms with van der Waals surface area (Å²) < 4.78 is 6.05. The van der Waals surface area contributed by atoms with Crippen LogP contribution in [0, 0.1) is 0 Å². The number of ether oxygens (including phenoxy) is 1. The summed E-state index contributed by atoms with van der Waals surface area (Å²) in [7, 11) is 0.999. The zero-order valence-corrected chi connectivity index (χ0v) is 23.3. The van der Waals surface area contributed by atoms with E-state index in [-0.39, 0.29) is 12.4 Å². The first-order valence-electron chi connectivity index (χ1n) is 13.5. The van der Waals surface area contributed by atoms with E-state index in [0.29, 0.717) is 5.85 Å². The van der Waals surface area contributed by atoms with Crippen LogP contribution in [0.1, 0.15) is 143 Å². The smallest absolute Gasteiger partial charge is 0.163 e. The highest BCUT2D eigenvalue weighted by atomic mass is 35.5. The molecular weight excluding hydrogens is 407 g/mol. The number of methoxy groups -OCH3 is 1. The second-order valence-electron chi connectivity index (χ2n) is 9.53. The van der Waals surface area contributed by atoms with Gasteiger partial charge in [-0.05, 0) is 45.4 Å². The molecule has 0 spiro atoms. The van der Waals surface area contributed by atoms with Gasteiger partial charge in [0.25, 0.3) is 0 Å². The Morgan fingerprint density at radius 1 is 0.500 bits per heavy atom. The molecule has 0 saturated heterocycles. The molecule has 184 valence electrons. The highest BCUT2D eigenvalue weighted by molar-refractivity contribution is 7.76. The molecule has 0 aliphatic carbocycles. The number of halogens is 1. The lowest BCUT2D eigenvalue weighted by Gasteiger charge is -2.32. The third-order valence-corrected chi connectivity index (χ3v) is 12.4. The van der Waals surface area contributed by atoms with Gasteiger partial charge in [0.2, 0.25) is 0 Å². The topological polar surface area (TPSA) is 9.23 Å². The van der Waals surface area contributed by atoms with E-state index in [4.69, 9.17) is 4.74 Å². The third-order valence-electron chi connectivity index (χ3n) is 6.98. The normalized spacial score (nSPS) is 12.7. The lowest BCUT2D eigenvalue weighted by atomic mass is 10.1. The van der Waals surface area contributed by atoms with Crippen molar-refractivity contribution < 1.29 is 17.1 Å². The molecule has 1 nitrogen and oxygen atoms in total. The van der Waals surface area contributed by atoms with Gasteiger partial charge >= 0.3 is 0 Å². The maximum Gasteiger partial charge on any atom is 0.163 e. The van der Waals surface area contributed by atoms with Crippen molar-refractivity contribution in [3.8, 4) is 0 Å². The highest BCUT2D eigenvalue weighted by Gasteiger charge is 2.41. The van der Waals surface area contributed by atoms with Crippen LogP contribution in [0.4, 0.5) is 0 Å². The number of rotatable bonds is 23. The molecule has 0 aliphatic heterocycles. The Kier molecular flexibility index (Phi) is 26.6. The van der Waals surface area contributed by atoms with Crippen LogP contribution in [0.25, 0.3) is 0 Å². The van der Waals surface area contributed by atoms with E-state index in [2.05, 4.69) is 27.7 Å². The van der Waals surface area contributed by atoms with E-state index in [0.717, 1.165) is 0 Å². The van der Waals surface area contributed by atoms with Crippen LogP contribution in [0.15, 0.2) is 0 Å². The summed E-state index contributed by atoms with van der Waals surface area (Å²) in [5.74, 6) is 0.518. The molecule has 1 atom stereocenters. The van der Waals surface area contributed by atoms with Gasteiger partial charge in [-0.25, -0.2) is 0 Å². The molecule has 3 heteroatoms. The maximum absolute atomic E-state index is 6.05. The largest absolute Gasteiger partial charge is 1.00 e. The average molecular weight is 465 g/mol. The molecule has 0 saturated carbocycles. The highest BCUT2D eigenvalue weighted by Crippen LogP contribution is 2.65. The molecule has 0 fully saturated rings. The van der Waals surface area contributed by atoms with Crippen LogP contribution in [0.5, 0.6) is 0 Å². The molecule has 0 aromatic rings. The summed E-state index contributed by atoms with van der Waals surface area (Å²) in [5.41, 5.74) is 0. The standard InChI is InChI=1S/C27H58OP.ClH/c1-6-9-12-15-18-21-24-29(27(4)28-5,25-22-19-16-13-10-7-2)26-23-20-17-14-11-8-3;/h27H,6-26H2,1-5H3;1H/q+1;/p-1. The predicted molar refractivity (Wildman–Crippen MR) is 138 cm³/mol.